The van der Waals surface area contributed by atoms with Crippen molar-refractivity contribution < 1.29 is 39.5 Å². The fraction of sp³-hybridized carbons (Fsp3) is 0.367. The standard InChI is InChI=1S/C30H32N2O8/c1-32(2)24-19-13-16-12-18-15(7-4-14-5-9-17(40-3)10-6-14)8-11-20(33)22(18)25(34)21(16)27(36)30(19,39)28(37)23(26(24)35)29(31)38/h5-6,8-11,16,19,24,33,35-36,39H,4,7,12-13H2,1-3H3,(H2,31,38)/t16-,19+,24+,30-/m0/s1. The van der Waals surface area contributed by atoms with Crippen LogP contribution in [-0.4, -0.2) is 75.6 Å². The number of Topliss-reactive ketones (excluding diaryl/α,β-unsaturated/α-hetero) is 2. The van der Waals surface area contributed by atoms with Gasteiger partial charge < -0.3 is 30.9 Å². The average Bonchev–Trinajstić information content (AvgIpc) is 2.90. The third-order valence-electron chi connectivity index (χ3n) is 8.55. The topological polar surface area (TPSA) is 171 Å². The van der Waals surface area contributed by atoms with Crippen LogP contribution >= 0.6 is 0 Å². The van der Waals surface area contributed by atoms with Crippen LogP contribution in [0.1, 0.15) is 33.5 Å². The van der Waals surface area contributed by atoms with Crippen LogP contribution < -0.4 is 10.5 Å². The number of nitrogens with two attached hydrogens (primary N) is 1. The van der Waals surface area contributed by atoms with Crippen molar-refractivity contribution in [1.82, 2.24) is 4.90 Å². The Morgan fingerprint density at radius 1 is 1.07 bits per heavy atom. The summed E-state index contributed by atoms with van der Waals surface area (Å²) < 4.78 is 5.21. The smallest absolute Gasteiger partial charge is 0.255 e. The molecule has 4 atom stereocenters. The number of carbonyl (C=O) groups is 3. The number of hydrogen-bond acceptors (Lipinski definition) is 9. The number of aliphatic hydroxyl groups is 3. The SMILES string of the molecule is COc1ccc(CCc2ccc(O)c3c2C[C@H]2C[C@@H]4[C@@H](N(C)C)C(O)=C(C(N)=O)C(=O)[C@@]4(O)C(O)=C2C3=O)cc1. The molecule has 3 aliphatic carbocycles. The molecule has 0 unspecified atom stereocenters. The highest BCUT2D eigenvalue weighted by Crippen LogP contribution is 2.52. The van der Waals surface area contributed by atoms with E-state index in [0.29, 0.717) is 18.4 Å². The van der Waals surface area contributed by atoms with Gasteiger partial charge in [-0.3, -0.25) is 19.3 Å². The number of likely N-dealkylation sites (N-methyl/N-ethyl adjacent to an activating group) is 1. The largest absolute Gasteiger partial charge is 0.510 e. The minimum atomic E-state index is -2.65. The van der Waals surface area contributed by atoms with Gasteiger partial charge in [0.25, 0.3) is 5.91 Å². The monoisotopic (exact) mass is 548 g/mol. The highest BCUT2D eigenvalue weighted by atomic mass is 16.5. The molecule has 5 rings (SSSR count). The van der Waals surface area contributed by atoms with Gasteiger partial charge in [0.2, 0.25) is 5.78 Å². The van der Waals surface area contributed by atoms with Crippen LogP contribution in [0.3, 0.4) is 0 Å². The predicted octanol–water partition coefficient (Wildman–Crippen LogP) is 1.91. The number of phenolic OH excluding ortho intramolecular Hbond substituents is 1. The van der Waals surface area contributed by atoms with Gasteiger partial charge in [-0.25, -0.2) is 0 Å². The number of nitrogens with zero attached hydrogens (tertiary/aromatic N) is 1. The fourth-order valence-electron chi connectivity index (χ4n) is 6.62. The third kappa shape index (κ3) is 3.98. The van der Waals surface area contributed by atoms with Crippen molar-refractivity contribution in [3.05, 3.63) is 81.3 Å². The van der Waals surface area contributed by atoms with Crippen molar-refractivity contribution in [3.63, 3.8) is 0 Å². The lowest BCUT2D eigenvalue weighted by Crippen LogP contribution is -2.63. The zero-order chi connectivity index (χ0) is 29.1. The molecule has 2 aromatic carbocycles. The van der Waals surface area contributed by atoms with E-state index >= 15 is 0 Å². The molecule has 0 aliphatic heterocycles. The van der Waals surface area contributed by atoms with Crippen molar-refractivity contribution in [2.24, 2.45) is 17.6 Å². The minimum Gasteiger partial charge on any atom is -0.510 e. The number of rotatable bonds is 6. The molecule has 0 aromatic heterocycles. The second-order valence-electron chi connectivity index (χ2n) is 10.9. The second kappa shape index (κ2) is 9.79. The number of carbonyl (C=O) groups excluding carboxylic acids is 3. The Bertz CT molecular complexity index is 1490. The number of amides is 1. The molecule has 210 valence electrons. The lowest BCUT2D eigenvalue weighted by molar-refractivity contribution is -0.148. The first-order valence-electron chi connectivity index (χ1n) is 13.0. The van der Waals surface area contributed by atoms with Crippen molar-refractivity contribution in [1.29, 1.82) is 0 Å². The molecule has 0 bridgehead atoms. The van der Waals surface area contributed by atoms with E-state index in [1.807, 2.05) is 24.3 Å². The van der Waals surface area contributed by atoms with Gasteiger partial charge in [0, 0.05) is 11.5 Å². The van der Waals surface area contributed by atoms with Crippen molar-refractivity contribution in [3.8, 4) is 11.5 Å². The Balaban J connectivity index is 1.58. The molecule has 0 saturated carbocycles. The molecule has 3 aliphatic rings. The molecular formula is C30H32N2O8. The number of fused-ring (bicyclic) bond motifs is 3. The average molecular weight is 549 g/mol. The van der Waals surface area contributed by atoms with Gasteiger partial charge in [-0.2, -0.15) is 0 Å². The van der Waals surface area contributed by atoms with Crippen LogP contribution in [0, 0.1) is 11.8 Å². The summed E-state index contributed by atoms with van der Waals surface area (Å²) in [5, 5.41) is 44.7. The second-order valence-corrected chi connectivity index (χ2v) is 10.9. The van der Waals surface area contributed by atoms with Gasteiger partial charge in [0.1, 0.15) is 28.6 Å². The van der Waals surface area contributed by atoms with E-state index in [0.717, 1.165) is 16.9 Å². The summed E-state index contributed by atoms with van der Waals surface area (Å²) in [6.07, 6.45) is 1.57. The molecule has 0 radical (unpaired) electrons. The zero-order valence-corrected chi connectivity index (χ0v) is 22.5. The normalized spacial score (nSPS) is 26.0. The molecule has 40 heavy (non-hydrogen) atoms. The fourth-order valence-corrected chi connectivity index (χ4v) is 6.62. The highest BCUT2D eigenvalue weighted by Gasteiger charge is 2.63. The molecule has 0 heterocycles. The minimum absolute atomic E-state index is 0.0213. The number of primary amides is 1. The summed E-state index contributed by atoms with van der Waals surface area (Å²) in [5.74, 6) is -5.82. The van der Waals surface area contributed by atoms with Crippen LogP contribution in [-0.2, 0) is 28.9 Å². The van der Waals surface area contributed by atoms with Gasteiger partial charge in [-0.15, -0.1) is 0 Å². The summed E-state index contributed by atoms with van der Waals surface area (Å²) in [6, 6.07) is 9.84. The molecule has 2 aromatic rings. The van der Waals surface area contributed by atoms with Crippen LogP contribution in [0.15, 0.2) is 59.1 Å². The lowest BCUT2D eigenvalue weighted by Gasteiger charge is -2.50. The number of phenols is 1. The predicted molar refractivity (Wildman–Crippen MR) is 144 cm³/mol. The quantitative estimate of drug-likeness (QED) is 0.338. The molecule has 0 spiro atoms. The molecular weight excluding hydrogens is 516 g/mol. The maximum Gasteiger partial charge on any atom is 0.255 e. The van der Waals surface area contributed by atoms with Crippen LogP contribution in [0.25, 0.3) is 0 Å². The van der Waals surface area contributed by atoms with Crippen LogP contribution in [0.2, 0.25) is 0 Å². The van der Waals surface area contributed by atoms with Gasteiger partial charge in [-0.1, -0.05) is 18.2 Å². The number of aromatic hydroxyl groups is 1. The first-order valence-corrected chi connectivity index (χ1v) is 13.0. The van der Waals surface area contributed by atoms with E-state index in [2.05, 4.69) is 0 Å². The number of ketones is 2. The van der Waals surface area contributed by atoms with E-state index in [1.54, 1.807) is 27.3 Å². The first kappa shape index (κ1) is 27.4. The van der Waals surface area contributed by atoms with E-state index in [1.165, 1.54) is 11.0 Å². The maximum absolute atomic E-state index is 13.8. The van der Waals surface area contributed by atoms with E-state index < -0.39 is 58.0 Å². The highest BCUT2D eigenvalue weighted by molar-refractivity contribution is 6.24. The van der Waals surface area contributed by atoms with Gasteiger partial charge in [0.15, 0.2) is 11.4 Å². The van der Waals surface area contributed by atoms with E-state index in [9.17, 15) is 34.8 Å². The lowest BCUT2D eigenvalue weighted by atomic mass is 9.58. The molecule has 10 nitrogen and oxygen atoms in total. The molecule has 0 fully saturated rings. The van der Waals surface area contributed by atoms with Crippen molar-refractivity contribution in [2.75, 3.05) is 21.2 Å². The van der Waals surface area contributed by atoms with Crippen molar-refractivity contribution in [2.45, 2.75) is 37.3 Å². The van der Waals surface area contributed by atoms with Crippen LogP contribution in [0.5, 0.6) is 11.5 Å². The Kier molecular flexibility index (Phi) is 6.71. The first-order chi connectivity index (χ1) is 18.9. The maximum atomic E-state index is 13.8. The van der Waals surface area contributed by atoms with Gasteiger partial charge >= 0.3 is 0 Å². The summed E-state index contributed by atoms with van der Waals surface area (Å²) >= 11 is 0. The number of benzene rings is 2. The number of methoxy groups -OCH3 is 1. The Hall–Kier alpha value is -4.15. The van der Waals surface area contributed by atoms with Crippen molar-refractivity contribution >= 4 is 17.5 Å². The summed E-state index contributed by atoms with van der Waals surface area (Å²) in [6.45, 7) is 0. The Labute approximate surface area is 231 Å². The molecule has 6 N–H and O–H groups in total. The summed E-state index contributed by atoms with van der Waals surface area (Å²) in [7, 11) is 4.80. The number of hydrogen-bond donors (Lipinski definition) is 5. The number of ether oxygens (including phenoxy) is 1. The molecule has 0 saturated heterocycles. The van der Waals surface area contributed by atoms with E-state index in [4.69, 9.17) is 10.5 Å². The van der Waals surface area contributed by atoms with Crippen LogP contribution in [0.4, 0.5) is 0 Å². The van der Waals surface area contributed by atoms with Gasteiger partial charge in [-0.05, 0) is 80.6 Å². The summed E-state index contributed by atoms with van der Waals surface area (Å²) in [4.78, 5) is 40.8. The molecule has 1 amide bonds. The number of allylic oxidation sites excluding steroid dienone is 1. The third-order valence-corrected chi connectivity index (χ3v) is 8.55. The summed E-state index contributed by atoms with van der Waals surface area (Å²) in [5.41, 5.74) is 4.33. The van der Waals surface area contributed by atoms with E-state index in [-0.39, 0.29) is 29.7 Å². The van der Waals surface area contributed by atoms with Gasteiger partial charge in [0.05, 0.1) is 18.7 Å². The number of aryl methyl sites for hydroxylation is 2. The number of aliphatic hydroxyl groups excluding tert-OH is 2. The Morgan fingerprint density at radius 3 is 2.35 bits per heavy atom. The Morgan fingerprint density at radius 2 is 1.75 bits per heavy atom. The molecule has 10 heteroatoms. The zero-order valence-electron chi connectivity index (χ0n) is 22.5.